The van der Waals surface area contributed by atoms with Crippen molar-refractivity contribution >= 4 is 23.6 Å². The van der Waals surface area contributed by atoms with E-state index in [4.69, 9.17) is 5.11 Å². The summed E-state index contributed by atoms with van der Waals surface area (Å²) in [4.78, 5) is 22.1. The summed E-state index contributed by atoms with van der Waals surface area (Å²) in [5.74, 6) is 0.0650. The summed E-state index contributed by atoms with van der Waals surface area (Å²) in [6, 6.07) is 10.2. The van der Waals surface area contributed by atoms with Crippen molar-refractivity contribution in [1.29, 1.82) is 0 Å². The number of benzene rings is 1. The molecular weight excluding hydrogens is 274 g/mol. The van der Waals surface area contributed by atoms with Gasteiger partial charge < -0.3 is 10.4 Å². The van der Waals surface area contributed by atoms with Crippen molar-refractivity contribution in [2.45, 2.75) is 19.8 Å². The van der Waals surface area contributed by atoms with Crippen LogP contribution >= 0.6 is 11.8 Å². The van der Waals surface area contributed by atoms with Crippen molar-refractivity contribution in [1.82, 2.24) is 5.32 Å². The molecule has 1 aromatic carbocycles. The molecule has 1 rings (SSSR count). The van der Waals surface area contributed by atoms with Gasteiger partial charge in [-0.15, -0.1) is 0 Å². The van der Waals surface area contributed by atoms with Gasteiger partial charge in [0.25, 0.3) is 0 Å². The van der Waals surface area contributed by atoms with Crippen LogP contribution in [0.1, 0.15) is 18.9 Å². The Bertz CT molecular complexity index is 422. The van der Waals surface area contributed by atoms with Crippen molar-refractivity contribution < 1.29 is 14.7 Å². The van der Waals surface area contributed by atoms with E-state index in [1.165, 1.54) is 5.56 Å². The number of thioether (sulfide) groups is 1. The molecule has 0 fully saturated rings. The highest BCUT2D eigenvalue weighted by molar-refractivity contribution is 7.99. The van der Waals surface area contributed by atoms with Crippen molar-refractivity contribution in [3.05, 3.63) is 35.9 Å². The number of rotatable bonds is 9. The molecule has 0 aliphatic carbocycles. The van der Waals surface area contributed by atoms with Crippen molar-refractivity contribution in [2.75, 3.05) is 18.1 Å². The Balaban J connectivity index is 2.04. The Morgan fingerprint density at radius 1 is 1.30 bits per heavy atom. The maximum atomic E-state index is 11.5. The summed E-state index contributed by atoms with van der Waals surface area (Å²) in [5.41, 5.74) is 1.27. The van der Waals surface area contributed by atoms with E-state index in [0.717, 1.165) is 12.2 Å². The van der Waals surface area contributed by atoms with Crippen LogP contribution in [-0.4, -0.2) is 35.0 Å². The van der Waals surface area contributed by atoms with E-state index < -0.39 is 11.9 Å². The van der Waals surface area contributed by atoms with Gasteiger partial charge in [0.1, 0.15) is 0 Å². The number of carbonyl (C=O) groups excluding carboxylic acids is 1. The van der Waals surface area contributed by atoms with Crippen molar-refractivity contribution in [3.63, 3.8) is 0 Å². The molecule has 0 aliphatic rings. The molecule has 1 amide bonds. The summed E-state index contributed by atoms with van der Waals surface area (Å²) >= 11 is 1.59. The summed E-state index contributed by atoms with van der Waals surface area (Å²) in [7, 11) is 0. The molecule has 0 radical (unpaired) electrons. The van der Waals surface area contributed by atoms with Crippen molar-refractivity contribution in [3.8, 4) is 0 Å². The number of carboxylic acids is 1. The minimum atomic E-state index is -0.823. The number of nitrogens with one attached hydrogen (secondary N) is 1. The number of aliphatic carboxylic acids is 1. The van der Waals surface area contributed by atoms with Crippen LogP contribution < -0.4 is 5.32 Å². The minimum Gasteiger partial charge on any atom is -0.481 e. The van der Waals surface area contributed by atoms with Gasteiger partial charge in [-0.05, 0) is 24.2 Å². The van der Waals surface area contributed by atoms with Crippen LogP contribution in [0.3, 0.4) is 0 Å². The minimum absolute atomic E-state index is 0.0272. The van der Waals surface area contributed by atoms with Crippen LogP contribution in [0, 0.1) is 5.92 Å². The first-order chi connectivity index (χ1) is 9.59. The average molecular weight is 295 g/mol. The van der Waals surface area contributed by atoms with Crippen LogP contribution in [-0.2, 0) is 16.0 Å². The molecule has 1 atom stereocenters. The molecule has 110 valence electrons. The van der Waals surface area contributed by atoms with E-state index in [0.29, 0.717) is 18.7 Å². The molecular formula is C15H21NO3S. The van der Waals surface area contributed by atoms with Gasteiger partial charge in [-0.2, -0.15) is 11.8 Å². The largest absolute Gasteiger partial charge is 0.481 e. The first-order valence-corrected chi connectivity index (χ1v) is 7.86. The quantitative estimate of drug-likeness (QED) is 0.685. The number of hydrogen-bond acceptors (Lipinski definition) is 3. The zero-order chi connectivity index (χ0) is 14.8. The maximum absolute atomic E-state index is 11.5. The fourth-order valence-corrected chi connectivity index (χ4v) is 2.41. The Morgan fingerprint density at radius 3 is 2.65 bits per heavy atom. The van der Waals surface area contributed by atoms with E-state index >= 15 is 0 Å². The van der Waals surface area contributed by atoms with Gasteiger partial charge in [0.05, 0.1) is 11.7 Å². The summed E-state index contributed by atoms with van der Waals surface area (Å²) < 4.78 is 0. The molecule has 0 spiro atoms. The second-order valence-corrected chi connectivity index (χ2v) is 5.77. The molecule has 4 nitrogen and oxygen atoms in total. The van der Waals surface area contributed by atoms with Crippen LogP contribution in [0.2, 0.25) is 0 Å². The maximum Gasteiger partial charge on any atom is 0.306 e. The number of carboxylic acid groups (broad SMARTS) is 1. The lowest BCUT2D eigenvalue weighted by Crippen LogP contribution is -2.28. The third kappa shape index (κ3) is 7.19. The highest BCUT2D eigenvalue weighted by atomic mass is 32.2. The first-order valence-electron chi connectivity index (χ1n) is 6.70. The molecule has 0 saturated heterocycles. The van der Waals surface area contributed by atoms with Crippen LogP contribution in [0.25, 0.3) is 0 Å². The first kappa shape index (κ1) is 16.6. The predicted molar refractivity (Wildman–Crippen MR) is 81.9 cm³/mol. The Kier molecular flexibility index (Phi) is 7.80. The lowest BCUT2D eigenvalue weighted by atomic mass is 10.1. The van der Waals surface area contributed by atoms with Gasteiger partial charge in [-0.3, -0.25) is 9.59 Å². The summed E-state index contributed by atoms with van der Waals surface area (Å²) in [5, 5.41) is 11.5. The average Bonchev–Trinajstić information content (AvgIpc) is 2.44. The molecule has 5 heteroatoms. The third-order valence-corrected chi connectivity index (χ3v) is 3.89. The van der Waals surface area contributed by atoms with Crippen LogP contribution in [0.4, 0.5) is 0 Å². The summed E-state index contributed by atoms with van der Waals surface area (Å²) in [6.45, 7) is 2.06. The number of aryl methyl sites for hydroxylation is 1. The number of hydrogen-bond donors (Lipinski definition) is 2. The Morgan fingerprint density at radius 2 is 2.00 bits per heavy atom. The van der Waals surface area contributed by atoms with Gasteiger partial charge in [0.2, 0.25) is 5.91 Å². The third-order valence-electron chi connectivity index (χ3n) is 2.93. The van der Waals surface area contributed by atoms with E-state index in [-0.39, 0.29) is 5.91 Å². The van der Waals surface area contributed by atoms with Crippen LogP contribution in [0.15, 0.2) is 30.3 Å². The van der Waals surface area contributed by atoms with Gasteiger partial charge in [-0.25, -0.2) is 0 Å². The number of amides is 1. The molecule has 0 saturated carbocycles. The fourth-order valence-electron chi connectivity index (χ4n) is 1.60. The second kappa shape index (κ2) is 9.42. The topological polar surface area (TPSA) is 66.4 Å². The highest BCUT2D eigenvalue weighted by Gasteiger charge is 2.10. The molecule has 2 N–H and O–H groups in total. The second-order valence-electron chi connectivity index (χ2n) is 4.67. The van der Waals surface area contributed by atoms with Gasteiger partial charge in [0.15, 0.2) is 0 Å². The predicted octanol–water partition coefficient (Wildman–Crippen LogP) is 2.19. The zero-order valence-corrected chi connectivity index (χ0v) is 12.5. The molecule has 0 heterocycles. The standard InChI is InChI=1S/C15H21NO3S/c1-12(15(18)19)7-9-16-14(17)11-20-10-8-13-5-3-2-4-6-13/h2-6,12H,7-11H2,1H3,(H,16,17)(H,18,19). The van der Waals surface area contributed by atoms with Gasteiger partial charge in [-0.1, -0.05) is 37.3 Å². The monoisotopic (exact) mass is 295 g/mol. The molecule has 1 unspecified atom stereocenters. The van der Waals surface area contributed by atoms with Gasteiger partial charge >= 0.3 is 5.97 Å². The smallest absolute Gasteiger partial charge is 0.306 e. The lowest BCUT2D eigenvalue weighted by molar-refractivity contribution is -0.141. The molecule has 0 aliphatic heterocycles. The van der Waals surface area contributed by atoms with Gasteiger partial charge in [0, 0.05) is 6.54 Å². The molecule has 0 bridgehead atoms. The zero-order valence-electron chi connectivity index (χ0n) is 11.7. The normalized spacial score (nSPS) is 11.8. The highest BCUT2D eigenvalue weighted by Crippen LogP contribution is 2.06. The van der Waals surface area contributed by atoms with E-state index in [1.54, 1.807) is 18.7 Å². The SMILES string of the molecule is CC(CCNC(=O)CSCCc1ccccc1)C(=O)O. The summed E-state index contributed by atoms with van der Waals surface area (Å²) in [6.07, 6.45) is 1.42. The lowest BCUT2D eigenvalue weighted by Gasteiger charge is -2.07. The fraction of sp³-hybridized carbons (Fsp3) is 0.467. The number of carbonyl (C=O) groups is 2. The molecule has 20 heavy (non-hydrogen) atoms. The van der Waals surface area contributed by atoms with Crippen molar-refractivity contribution in [2.24, 2.45) is 5.92 Å². The molecule has 0 aromatic heterocycles. The van der Waals surface area contributed by atoms with E-state index in [2.05, 4.69) is 17.4 Å². The Hall–Kier alpha value is -1.49. The Labute approximate surface area is 124 Å². The molecule has 1 aromatic rings. The van der Waals surface area contributed by atoms with E-state index in [9.17, 15) is 9.59 Å². The van der Waals surface area contributed by atoms with E-state index in [1.807, 2.05) is 18.2 Å². The van der Waals surface area contributed by atoms with Crippen LogP contribution in [0.5, 0.6) is 0 Å².